The molecule has 0 heterocycles. The minimum atomic E-state index is 0.385. The van der Waals surface area contributed by atoms with Gasteiger partial charge in [0.25, 0.3) is 0 Å². The summed E-state index contributed by atoms with van der Waals surface area (Å²) in [5.41, 5.74) is 0. The summed E-state index contributed by atoms with van der Waals surface area (Å²) in [5.74, 6) is 1.29. The predicted octanol–water partition coefficient (Wildman–Crippen LogP) is 4.60. The minimum absolute atomic E-state index is 0.385. The molecule has 0 aromatic rings. The van der Waals surface area contributed by atoms with E-state index in [0.29, 0.717) is 17.6 Å². The second-order valence-electron chi connectivity index (χ2n) is 5.34. The summed E-state index contributed by atoms with van der Waals surface area (Å²) < 4.78 is 0. The summed E-state index contributed by atoms with van der Waals surface area (Å²) in [5, 5.41) is 0. The van der Waals surface area contributed by atoms with Crippen molar-refractivity contribution in [2.24, 2.45) is 11.8 Å². The van der Waals surface area contributed by atoms with Gasteiger partial charge in [0.1, 0.15) is 5.78 Å². The molecule has 0 aliphatic heterocycles. The van der Waals surface area contributed by atoms with E-state index in [-0.39, 0.29) is 0 Å². The Labute approximate surface area is 111 Å². The molecule has 2 aliphatic rings. The lowest BCUT2D eigenvalue weighted by Gasteiger charge is -1.95. The van der Waals surface area contributed by atoms with E-state index >= 15 is 0 Å². The molecule has 1 fully saturated rings. The SMILES string of the molecule is O=C1C2CCC=CCCC=CCCC=CCCC12. The Bertz CT molecular complexity index is 317. The average Bonchev–Trinajstić information content (AvgIpc) is 2.98. The summed E-state index contributed by atoms with van der Waals surface area (Å²) in [6.45, 7) is 0. The highest BCUT2D eigenvalue weighted by Gasteiger charge is 2.46. The molecule has 0 aromatic carbocycles. The molecule has 0 saturated heterocycles. The molecule has 0 aromatic heterocycles. The van der Waals surface area contributed by atoms with E-state index < -0.39 is 0 Å². The van der Waals surface area contributed by atoms with Gasteiger partial charge in [-0.3, -0.25) is 4.79 Å². The largest absolute Gasteiger partial charge is 0.299 e. The van der Waals surface area contributed by atoms with Crippen LogP contribution in [-0.2, 0) is 4.79 Å². The Balaban J connectivity index is 1.80. The topological polar surface area (TPSA) is 17.1 Å². The van der Waals surface area contributed by atoms with Gasteiger partial charge in [-0.2, -0.15) is 0 Å². The number of carbonyl (C=O) groups excluding carboxylic acids is 1. The number of ketones is 1. The zero-order valence-electron chi connectivity index (χ0n) is 11.2. The standard InChI is InChI=1S/C17H24O/c18-17-15-13-11-9-7-5-3-1-2-4-6-8-10-12-14-16(15)17/h1-2,7-10,15-16H,3-6,11-14H2. The molecule has 2 aliphatic carbocycles. The van der Waals surface area contributed by atoms with Crippen LogP contribution in [0.5, 0.6) is 0 Å². The summed E-state index contributed by atoms with van der Waals surface area (Å²) in [7, 11) is 0. The van der Waals surface area contributed by atoms with Crippen LogP contribution in [0.1, 0.15) is 51.4 Å². The number of rotatable bonds is 0. The van der Waals surface area contributed by atoms with Crippen molar-refractivity contribution in [1.29, 1.82) is 0 Å². The maximum Gasteiger partial charge on any atom is 0.140 e. The number of fused-ring (bicyclic) bond motifs is 1. The van der Waals surface area contributed by atoms with Crippen LogP contribution in [-0.4, -0.2) is 5.78 Å². The zero-order valence-corrected chi connectivity index (χ0v) is 11.2. The van der Waals surface area contributed by atoms with Crippen molar-refractivity contribution in [3.05, 3.63) is 36.5 Å². The van der Waals surface area contributed by atoms with E-state index in [0.717, 1.165) is 51.4 Å². The van der Waals surface area contributed by atoms with Crippen LogP contribution in [0.25, 0.3) is 0 Å². The first-order chi connectivity index (χ1) is 8.89. The molecule has 0 bridgehead atoms. The third kappa shape index (κ3) is 4.29. The first-order valence-corrected chi connectivity index (χ1v) is 7.38. The van der Waals surface area contributed by atoms with Crippen molar-refractivity contribution in [3.63, 3.8) is 0 Å². The average molecular weight is 244 g/mol. The van der Waals surface area contributed by atoms with Gasteiger partial charge >= 0.3 is 0 Å². The number of Topliss-reactive ketones (excluding diaryl/α,β-unsaturated/α-hetero) is 1. The Morgan fingerprint density at radius 3 is 1.33 bits per heavy atom. The molecule has 0 radical (unpaired) electrons. The first kappa shape index (κ1) is 13.3. The smallest absolute Gasteiger partial charge is 0.140 e. The van der Waals surface area contributed by atoms with Gasteiger partial charge in [-0.05, 0) is 51.4 Å². The summed E-state index contributed by atoms with van der Waals surface area (Å²) in [6.07, 6.45) is 22.4. The molecule has 2 rings (SSSR count). The van der Waals surface area contributed by atoms with Crippen LogP contribution in [0.2, 0.25) is 0 Å². The predicted molar refractivity (Wildman–Crippen MR) is 76.3 cm³/mol. The summed E-state index contributed by atoms with van der Waals surface area (Å²) >= 11 is 0. The van der Waals surface area contributed by atoms with Crippen molar-refractivity contribution >= 4 is 5.78 Å². The Kier molecular flexibility index (Phi) is 5.44. The molecular formula is C17H24O. The molecule has 18 heavy (non-hydrogen) atoms. The van der Waals surface area contributed by atoms with Gasteiger partial charge in [0.15, 0.2) is 0 Å². The van der Waals surface area contributed by atoms with Crippen LogP contribution in [0.4, 0.5) is 0 Å². The lowest BCUT2D eigenvalue weighted by molar-refractivity contribution is -0.112. The fourth-order valence-corrected chi connectivity index (χ4v) is 2.68. The van der Waals surface area contributed by atoms with Gasteiger partial charge in [-0.1, -0.05) is 36.5 Å². The molecule has 2 unspecified atom stereocenters. The third-order valence-electron chi connectivity index (χ3n) is 3.90. The lowest BCUT2D eigenvalue weighted by atomic mass is 10.1. The van der Waals surface area contributed by atoms with Crippen molar-refractivity contribution in [3.8, 4) is 0 Å². The highest BCUT2D eigenvalue weighted by Crippen LogP contribution is 2.41. The van der Waals surface area contributed by atoms with Crippen LogP contribution >= 0.6 is 0 Å². The van der Waals surface area contributed by atoms with E-state index in [1.807, 2.05) is 0 Å². The van der Waals surface area contributed by atoms with E-state index in [4.69, 9.17) is 0 Å². The molecule has 1 saturated carbocycles. The first-order valence-electron chi connectivity index (χ1n) is 7.38. The zero-order chi connectivity index (χ0) is 12.6. The number of carbonyl (C=O) groups is 1. The summed E-state index contributed by atoms with van der Waals surface area (Å²) in [6, 6.07) is 0. The monoisotopic (exact) mass is 244 g/mol. The molecule has 2 atom stereocenters. The quantitative estimate of drug-likeness (QED) is 0.569. The molecular weight excluding hydrogens is 220 g/mol. The number of allylic oxidation sites excluding steroid dienone is 6. The normalized spacial score (nSPS) is 30.1. The van der Waals surface area contributed by atoms with Crippen LogP contribution < -0.4 is 0 Å². The fraction of sp³-hybridized carbons (Fsp3) is 0.588. The lowest BCUT2D eigenvalue weighted by Crippen LogP contribution is -1.83. The van der Waals surface area contributed by atoms with Gasteiger partial charge in [-0.15, -0.1) is 0 Å². The minimum Gasteiger partial charge on any atom is -0.299 e. The Hall–Kier alpha value is -1.11. The van der Waals surface area contributed by atoms with Crippen molar-refractivity contribution in [1.82, 2.24) is 0 Å². The van der Waals surface area contributed by atoms with Crippen molar-refractivity contribution in [2.75, 3.05) is 0 Å². The molecule has 0 N–H and O–H groups in total. The third-order valence-corrected chi connectivity index (χ3v) is 3.90. The van der Waals surface area contributed by atoms with Crippen molar-refractivity contribution in [2.45, 2.75) is 51.4 Å². The van der Waals surface area contributed by atoms with E-state index in [1.165, 1.54) is 0 Å². The van der Waals surface area contributed by atoms with Crippen LogP contribution in [0.3, 0.4) is 0 Å². The molecule has 0 amide bonds. The number of hydrogen-bond acceptors (Lipinski definition) is 1. The Morgan fingerprint density at radius 2 is 0.944 bits per heavy atom. The van der Waals surface area contributed by atoms with Gasteiger partial charge in [-0.25, -0.2) is 0 Å². The van der Waals surface area contributed by atoms with Crippen LogP contribution in [0.15, 0.2) is 36.5 Å². The maximum atomic E-state index is 11.6. The van der Waals surface area contributed by atoms with Gasteiger partial charge in [0, 0.05) is 11.8 Å². The molecule has 1 heteroatoms. The van der Waals surface area contributed by atoms with Gasteiger partial charge in [0.2, 0.25) is 0 Å². The van der Waals surface area contributed by atoms with Gasteiger partial charge in [0.05, 0.1) is 0 Å². The maximum absolute atomic E-state index is 11.6. The number of hydrogen-bond donors (Lipinski definition) is 0. The Morgan fingerprint density at radius 1 is 0.611 bits per heavy atom. The van der Waals surface area contributed by atoms with Crippen LogP contribution in [0, 0.1) is 11.8 Å². The second kappa shape index (κ2) is 7.35. The second-order valence-corrected chi connectivity index (χ2v) is 5.34. The molecule has 1 nitrogen and oxygen atoms in total. The molecule has 98 valence electrons. The summed E-state index contributed by atoms with van der Waals surface area (Å²) in [4.78, 5) is 11.6. The van der Waals surface area contributed by atoms with E-state index in [2.05, 4.69) is 36.5 Å². The van der Waals surface area contributed by atoms with Gasteiger partial charge < -0.3 is 0 Å². The highest BCUT2D eigenvalue weighted by atomic mass is 16.1. The van der Waals surface area contributed by atoms with E-state index in [9.17, 15) is 4.79 Å². The highest BCUT2D eigenvalue weighted by molar-refractivity contribution is 5.99. The fourth-order valence-electron chi connectivity index (χ4n) is 2.68. The van der Waals surface area contributed by atoms with Crippen molar-refractivity contribution < 1.29 is 4.79 Å². The molecule has 0 spiro atoms. The van der Waals surface area contributed by atoms with E-state index in [1.54, 1.807) is 0 Å².